The fourth-order valence-corrected chi connectivity index (χ4v) is 5.59. The van der Waals surface area contributed by atoms with Crippen LogP contribution in [0.1, 0.15) is 142 Å². The molecule has 5 nitrogen and oxygen atoms in total. The smallest absolute Gasteiger partial charge is 0.296 e. The van der Waals surface area contributed by atoms with Crippen LogP contribution in [0.15, 0.2) is 40.2 Å². The van der Waals surface area contributed by atoms with Gasteiger partial charge in [0.2, 0.25) is 0 Å². The van der Waals surface area contributed by atoms with Crippen molar-refractivity contribution in [2.24, 2.45) is 4.99 Å². The van der Waals surface area contributed by atoms with Crippen molar-refractivity contribution in [3.8, 4) is 0 Å². The van der Waals surface area contributed by atoms with Gasteiger partial charge in [-0.1, -0.05) is 141 Å². The third-order valence-corrected chi connectivity index (χ3v) is 8.36. The fourth-order valence-electron chi connectivity index (χ4n) is 4.63. The van der Waals surface area contributed by atoms with E-state index in [2.05, 4.69) is 24.2 Å². The summed E-state index contributed by atoms with van der Waals surface area (Å²) in [4.78, 5) is 4.65. The largest absolute Gasteiger partial charge is 0.372 e. The highest BCUT2D eigenvalue weighted by atomic mass is 32.2. The second-order valence-corrected chi connectivity index (χ2v) is 12.2. The van der Waals surface area contributed by atoms with Crippen LogP contribution in [-0.2, 0) is 14.3 Å². The van der Waals surface area contributed by atoms with E-state index >= 15 is 0 Å². The third kappa shape index (κ3) is 19.6. The molecular formula is C32H58N2O3S. The zero-order valence-electron chi connectivity index (χ0n) is 24.7. The molecule has 0 radical (unpaired) electrons. The molecule has 1 aliphatic heterocycles. The number of amidine groups is 1. The Morgan fingerprint density at radius 1 is 0.684 bits per heavy atom. The molecule has 0 bridgehead atoms. The van der Waals surface area contributed by atoms with E-state index in [1.807, 2.05) is 0 Å². The van der Waals surface area contributed by atoms with E-state index in [1.54, 1.807) is 30.3 Å². The van der Waals surface area contributed by atoms with Gasteiger partial charge >= 0.3 is 0 Å². The van der Waals surface area contributed by atoms with Crippen molar-refractivity contribution in [2.75, 3.05) is 19.7 Å². The van der Waals surface area contributed by atoms with Gasteiger partial charge in [-0.05, 0) is 25.0 Å². The maximum atomic E-state index is 11.9. The average molecular weight is 551 g/mol. The maximum Gasteiger partial charge on any atom is 0.296 e. The van der Waals surface area contributed by atoms with Gasteiger partial charge in [0, 0.05) is 13.0 Å². The number of rotatable bonds is 23. The van der Waals surface area contributed by atoms with Crippen LogP contribution >= 0.6 is 0 Å². The molecule has 0 aliphatic carbocycles. The Hall–Kier alpha value is -1.40. The van der Waals surface area contributed by atoms with Gasteiger partial charge in [-0.3, -0.25) is 9.18 Å². The Morgan fingerprint density at radius 3 is 1.63 bits per heavy atom. The SMILES string of the molecule is CCCCCCCCCCCC1=NCCN1.CCCCCCCCCCCCOS(=O)(=O)c1ccccc1. The van der Waals surface area contributed by atoms with E-state index in [4.69, 9.17) is 4.18 Å². The van der Waals surface area contributed by atoms with Crippen LogP contribution in [0.25, 0.3) is 0 Å². The molecule has 1 N–H and O–H groups in total. The summed E-state index contributed by atoms with van der Waals surface area (Å²) in [6.45, 7) is 6.85. The van der Waals surface area contributed by atoms with E-state index in [9.17, 15) is 8.42 Å². The molecule has 0 aromatic heterocycles. The maximum absolute atomic E-state index is 11.9. The minimum atomic E-state index is -3.57. The minimum Gasteiger partial charge on any atom is -0.372 e. The highest BCUT2D eigenvalue weighted by Crippen LogP contribution is 2.14. The second-order valence-electron chi connectivity index (χ2n) is 10.6. The summed E-state index contributed by atoms with van der Waals surface area (Å²) in [5, 5.41) is 3.33. The Balaban J connectivity index is 0.000000399. The molecule has 220 valence electrons. The van der Waals surface area contributed by atoms with Crippen molar-refractivity contribution >= 4 is 16.0 Å². The lowest BCUT2D eigenvalue weighted by atomic mass is 10.1. The first-order chi connectivity index (χ1) is 18.6. The summed E-state index contributed by atoms with van der Waals surface area (Å²) in [6, 6.07) is 8.33. The van der Waals surface area contributed by atoms with Crippen molar-refractivity contribution in [2.45, 2.75) is 147 Å². The van der Waals surface area contributed by atoms with Crippen molar-refractivity contribution in [3.05, 3.63) is 30.3 Å². The van der Waals surface area contributed by atoms with Gasteiger partial charge in [-0.15, -0.1) is 0 Å². The average Bonchev–Trinajstić information content (AvgIpc) is 3.45. The van der Waals surface area contributed by atoms with E-state index in [0.29, 0.717) is 0 Å². The van der Waals surface area contributed by atoms with E-state index in [-0.39, 0.29) is 11.5 Å². The van der Waals surface area contributed by atoms with E-state index in [0.717, 1.165) is 25.9 Å². The third-order valence-electron chi connectivity index (χ3n) is 7.03. The lowest BCUT2D eigenvalue weighted by Gasteiger charge is -2.05. The topological polar surface area (TPSA) is 67.8 Å². The Labute approximate surface area is 235 Å². The van der Waals surface area contributed by atoms with Crippen LogP contribution in [0.5, 0.6) is 0 Å². The van der Waals surface area contributed by atoms with Crippen LogP contribution in [-0.4, -0.2) is 33.9 Å². The van der Waals surface area contributed by atoms with Gasteiger partial charge in [-0.25, -0.2) is 0 Å². The van der Waals surface area contributed by atoms with Gasteiger partial charge in [-0.2, -0.15) is 8.42 Å². The zero-order valence-corrected chi connectivity index (χ0v) is 25.5. The molecule has 1 heterocycles. The van der Waals surface area contributed by atoms with Gasteiger partial charge in [0.1, 0.15) is 0 Å². The first-order valence-corrected chi connectivity index (χ1v) is 17.2. The van der Waals surface area contributed by atoms with Crippen LogP contribution in [0.2, 0.25) is 0 Å². The summed E-state index contributed by atoms with van der Waals surface area (Å²) in [5.74, 6) is 1.25. The number of hydrogen-bond acceptors (Lipinski definition) is 5. The number of benzene rings is 1. The molecule has 0 amide bonds. The predicted octanol–water partition coefficient (Wildman–Crippen LogP) is 9.22. The number of nitrogens with zero attached hydrogens (tertiary/aromatic N) is 1. The second kappa shape index (κ2) is 24.6. The van der Waals surface area contributed by atoms with Crippen LogP contribution in [0, 0.1) is 0 Å². The van der Waals surface area contributed by atoms with Gasteiger partial charge < -0.3 is 5.32 Å². The molecule has 6 heteroatoms. The standard InChI is InChI=1S/C18H30O3S.C14H28N2/c1-2-3-4-5-6-7-8-9-10-14-17-21-22(19,20)18-15-12-11-13-16-18;1-2-3-4-5-6-7-8-9-10-11-14-15-12-13-16-14/h11-13,15-16H,2-10,14,17H2,1H3;2-13H2,1H3,(H,15,16). The Bertz CT molecular complexity index is 781. The Kier molecular flexibility index (Phi) is 22.4. The molecule has 0 saturated carbocycles. The first kappa shape index (κ1) is 34.6. The molecule has 1 aromatic carbocycles. The normalized spacial score (nSPS) is 13.1. The Morgan fingerprint density at radius 2 is 1.16 bits per heavy atom. The highest BCUT2D eigenvalue weighted by molar-refractivity contribution is 7.86. The van der Waals surface area contributed by atoms with Crippen LogP contribution in [0.3, 0.4) is 0 Å². The molecule has 38 heavy (non-hydrogen) atoms. The highest BCUT2D eigenvalue weighted by Gasteiger charge is 2.13. The van der Waals surface area contributed by atoms with E-state index < -0.39 is 10.1 Å². The fraction of sp³-hybridized carbons (Fsp3) is 0.781. The summed E-state index contributed by atoms with van der Waals surface area (Å²) in [7, 11) is -3.57. The van der Waals surface area contributed by atoms with E-state index in [1.165, 1.54) is 121 Å². The molecular weight excluding hydrogens is 492 g/mol. The van der Waals surface area contributed by atoms with Gasteiger partial charge in [0.15, 0.2) is 0 Å². The molecule has 0 fully saturated rings. The van der Waals surface area contributed by atoms with Crippen molar-refractivity contribution in [1.29, 1.82) is 0 Å². The lowest BCUT2D eigenvalue weighted by Crippen LogP contribution is -2.17. The zero-order chi connectivity index (χ0) is 27.6. The van der Waals surface area contributed by atoms with Crippen LogP contribution in [0.4, 0.5) is 0 Å². The summed E-state index contributed by atoms with van der Waals surface area (Å²) in [6.07, 6.45) is 26.1. The molecule has 1 aliphatic rings. The van der Waals surface area contributed by atoms with Gasteiger partial charge in [0.05, 0.1) is 23.9 Å². The molecule has 2 rings (SSSR count). The predicted molar refractivity (Wildman–Crippen MR) is 164 cm³/mol. The molecule has 0 unspecified atom stereocenters. The number of aliphatic imine (C=N–C) groups is 1. The minimum absolute atomic E-state index is 0.238. The number of nitrogens with one attached hydrogen (secondary N) is 1. The molecule has 0 saturated heterocycles. The molecule has 0 atom stereocenters. The summed E-state index contributed by atoms with van der Waals surface area (Å²) < 4.78 is 28.8. The summed E-state index contributed by atoms with van der Waals surface area (Å²) in [5.41, 5.74) is 0. The number of unbranched alkanes of at least 4 members (excludes halogenated alkanes) is 17. The molecule has 1 aromatic rings. The monoisotopic (exact) mass is 550 g/mol. The van der Waals surface area contributed by atoms with Crippen molar-refractivity contribution in [3.63, 3.8) is 0 Å². The first-order valence-electron chi connectivity index (χ1n) is 15.8. The van der Waals surface area contributed by atoms with Crippen molar-refractivity contribution < 1.29 is 12.6 Å². The molecule has 0 spiro atoms. The van der Waals surface area contributed by atoms with Gasteiger partial charge in [0.25, 0.3) is 10.1 Å². The number of hydrogen-bond donors (Lipinski definition) is 1. The lowest BCUT2D eigenvalue weighted by molar-refractivity contribution is 0.306. The van der Waals surface area contributed by atoms with Crippen LogP contribution < -0.4 is 5.32 Å². The summed E-state index contributed by atoms with van der Waals surface area (Å²) >= 11 is 0. The quantitative estimate of drug-likeness (QED) is 0.109. The van der Waals surface area contributed by atoms with Crippen molar-refractivity contribution in [1.82, 2.24) is 5.32 Å².